The van der Waals surface area contributed by atoms with Crippen LogP contribution in [0, 0.1) is 6.92 Å². The summed E-state index contributed by atoms with van der Waals surface area (Å²) in [5.41, 5.74) is 0. The molecule has 0 aliphatic carbocycles. The van der Waals surface area contributed by atoms with Gasteiger partial charge in [0, 0.05) is 36.0 Å². The van der Waals surface area contributed by atoms with Gasteiger partial charge in [-0.2, -0.15) is 0 Å². The van der Waals surface area contributed by atoms with Crippen molar-refractivity contribution in [1.82, 2.24) is 15.4 Å². The fourth-order valence-corrected chi connectivity index (χ4v) is 4.40. The third-order valence-electron chi connectivity index (χ3n) is 4.00. The zero-order valence-electron chi connectivity index (χ0n) is 15.6. The van der Waals surface area contributed by atoms with E-state index in [2.05, 4.69) is 39.4 Å². The normalized spacial score (nSPS) is 18.7. The van der Waals surface area contributed by atoms with Crippen molar-refractivity contribution in [1.29, 1.82) is 0 Å². The number of hydrogen-bond donors (Lipinski definition) is 3. The molecule has 1 unspecified atom stereocenters. The molecule has 1 atom stereocenters. The van der Waals surface area contributed by atoms with Crippen molar-refractivity contribution in [2.75, 3.05) is 32.0 Å². The zero-order valence-corrected chi connectivity index (χ0v) is 17.2. The fourth-order valence-electron chi connectivity index (χ4n) is 2.63. The highest BCUT2D eigenvalue weighted by atomic mass is 32.2. The zero-order chi connectivity index (χ0) is 18.8. The van der Waals surface area contributed by atoms with Gasteiger partial charge in [0.2, 0.25) is 10.0 Å². The number of rotatable bonds is 9. The molecule has 0 aromatic carbocycles. The minimum Gasteiger partial charge on any atom is -0.377 e. The third-order valence-corrected chi connectivity index (χ3v) is 6.33. The first-order chi connectivity index (χ1) is 12.5. The summed E-state index contributed by atoms with van der Waals surface area (Å²) in [5.74, 6) is 0.631. The lowest BCUT2D eigenvalue weighted by atomic mass is 10.1. The molecule has 1 aliphatic heterocycles. The highest BCUT2D eigenvalue weighted by Crippen LogP contribution is 2.15. The van der Waals surface area contributed by atoms with Gasteiger partial charge < -0.3 is 15.4 Å². The van der Waals surface area contributed by atoms with Crippen LogP contribution >= 0.6 is 11.3 Å². The van der Waals surface area contributed by atoms with Gasteiger partial charge in [0.1, 0.15) is 0 Å². The lowest BCUT2D eigenvalue weighted by Gasteiger charge is -2.22. The van der Waals surface area contributed by atoms with Crippen molar-refractivity contribution < 1.29 is 13.2 Å². The summed E-state index contributed by atoms with van der Waals surface area (Å²) < 4.78 is 32.5. The van der Waals surface area contributed by atoms with Crippen LogP contribution < -0.4 is 15.4 Å². The predicted molar refractivity (Wildman–Crippen MR) is 107 cm³/mol. The summed E-state index contributed by atoms with van der Waals surface area (Å²) in [4.78, 5) is 6.94. The molecule has 0 radical (unpaired) electrons. The van der Waals surface area contributed by atoms with E-state index in [1.807, 2.05) is 6.92 Å². The number of aryl methyl sites for hydroxylation is 1. The summed E-state index contributed by atoms with van der Waals surface area (Å²) in [6.07, 6.45) is 3.07. The molecule has 2 heterocycles. The minimum absolute atomic E-state index is 0.000353. The van der Waals surface area contributed by atoms with Crippen LogP contribution in [0.3, 0.4) is 0 Å². The number of nitrogens with one attached hydrogen (secondary N) is 3. The monoisotopic (exact) mass is 402 g/mol. The van der Waals surface area contributed by atoms with Crippen molar-refractivity contribution >= 4 is 27.3 Å². The van der Waals surface area contributed by atoms with Gasteiger partial charge in [0.25, 0.3) is 0 Å². The molecule has 148 valence electrons. The Labute approximate surface area is 160 Å². The number of ether oxygens (including phenoxy) is 1. The second kappa shape index (κ2) is 10.9. The maximum atomic E-state index is 12.1. The maximum absolute atomic E-state index is 12.1. The lowest BCUT2D eigenvalue weighted by molar-refractivity contribution is 0.0200. The average Bonchev–Trinajstić information content (AvgIpc) is 3.04. The first-order valence-corrected chi connectivity index (χ1v) is 11.6. The summed E-state index contributed by atoms with van der Waals surface area (Å²) >= 11 is 1.72. The van der Waals surface area contributed by atoms with Gasteiger partial charge in [-0.1, -0.05) is 0 Å². The molecule has 2 rings (SSSR count). The Bertz CT molecular complexity index is 667. The van der Waals surface area contributed by atoms with E-state index in [1.54, 1.807) is 11.3 Å². The summed E-state index contributed by atoms with van der Waals surface area (Å²) in [7, 11) is -3.33. The largest absolute Gasteiger partial charge is 0.377 e. The fraction of sp³-hybridized carbons (Fsp3) is 0.706. The van der Waals surface area contributed by atoms with Crippen LogP contribution in [-0.2, 0) is 21.3 Å². The Morgan fingerprint density at radius 2 is 2.19 bits per heavy atom. The molecule has 0 spiro atoms. The van der Waals surface area contributed by atoms with Gasteiger partial charge in [0.05, 0.1) is 18.4 Å². The van der Waals surface area contributed by atoms with E-state index in [0.717, 1.165) is 32.4 Å². The highest BCUT2D eigenvalue weighted by Gasteiger charge is 2.17. The summed E-state index contributed by atoms with van der Waals surface area (Å²) in [6, 6.07) is 4.14. The molecule has 0 amide bonds. The topological polar surface area (TPSA) is 91.8 Å². The molecule has 1 aromatic rings. The van der Waals surface area contributed by atoms with Gasteiger partial charge in [-0.15, -0.1) is 11.3 Å². The first kappa shape index (κ1) is 21.1. The van der Waals surface area contributed by atoms with Gasteiger partial charge in [-0.25, -0.2) is 18.1 Å². The van der Waals surface area contributed by atoms with Gasteiger partial charge >= 0.3 is 0 Å². The van der Waals surface area contributed by atoms with Crippen LogP contribution in [0.1, 0.15) is 35.9 Å². The average molecular weight is 403 g/mol. The molecular formula is C17H30N4O3S2. The molecule has 1 aromatic heterocycles. The molecule has 7 nitrogen and oxygen atoms in total. The molecular weight excluding hydrogens is 372 g/mol. The van der Waals surface area contributed by atoms with E-state index in [0.29, 0.717) is 25.6 Å². The van der Waals surface area contributed by atoms with E-state index in [1.165, 1.54) is 9.75 Å². The van der Waals surface area contributed by atoms with Crippen LogP contribution in [-0.4, -0.2) is 52.5 Å². The van der Waals surface area contributed by atoms with Gasteiger partial charge in [0.15, 0.2) is 5.96 Å². The molecule has 1 saturated heterocycles. The molecule has 9 heteroatoms. The van der Waals surface area contributed by atoms with Crippen LogP contribution in [0.5, 0.6) is 0 Å². The van der Waals surface area contributed by atoms with Crippen molar-refractivity contribution in [2.45, 2.75) is 45.8 Å². The van der Waals surface area contributed by atoms with Gasteiger partial charge in [-0.3, -0.25) is 0 Å². The van der Waals surface area contributed by atoms with Gasteiger partial charge in [-0.05, 0) is 45.2 Å². The molecule has 0 saturated carbocycles. The minimum atomic E-state index is -3.33. The van der Waals surface area contributed by atoms with E-state index in [-0.39, 0.29) is 11.9 Å². The number of guanidine groups is 1. The number of aliphatic imine (C=N–C) groups is 1. The smallest absolute Gasteiger partial charge is 0.213 e. The van der Waals surface area contributed by atoms with E-state index >= 15 is 0 Å². The quantitative estimate of drug-likeness (QED) is 0.431. The molecule has 3 N–H and O–H groups in total. The lowest BCUT2D eigenvalue weighted by Crippen LogP contribution is -2.42. The second-order valence-corrected chi connectivity index (χ2v) is 9.59. The molecule has 1 aliphatic rings. The molecule has 1 fully saturated rings. The predicted octanol–water partition coefficient (Wildman–Crippen LogP) is 1.60. The van der Waals surface area contributed by atoms with E-state index in [9.17, 15) is 8.42 Å². The first-order valence-electron chi connectivity index (χ1n) is 9.15. The third kappa shape index (κ3) is 8.03. The van der Waals surface area contributed by atoms with Crippen molar-refractivity contribution in [2.24, 2.45) is 4.99 Å². The van der Waals surface area contributed by atoms with Crippen molar-refractivity contribution in [3.05, 3.63) is 21.9 Å². The summed E-state index contributed by atoms with van der Waals surface area (Å²) in [6.45, 7) is 6.73. The number of hydrogen-bond acceptors (Lipinski definition) is 5. The van der Waals surface area contributed by atoms with E-state index in [4.69, 9.17) is 4.74 Å². The van der Waals surface area contributed by atoms with E-state index < -0.39 is 10.0 Å². The Morgan fingerprint density at radius 1 is 1.35 bits per heavy atom. The maximum Gasteiger partial charge on any atom is 0.213 e. The van der Waals surface area contributed by atoms with Crippen LogP contribution in [0.2, 0.25) is 0 Å². The number of thiophene rings is 1. The Hall–Kier alpha value is -1.16. The van der Waals surface area contributed by atoms with Crippen LogP contribution in [0.15, 0.2) is 17.1 Å². The number of nitrogens with zero attached hydrogens (tertiary/aromatic N) is 1. The SMILES string of the molecule is CCNC(=NCc1ccc(C)s1)NCCS(=O)(=O)NCC1CCCCO1. The molecule has 0 bridgehead atoms. The molecule has 26 heavy (non-hydrogen) atoms. The Balaban J connectivity index is 1.74. The van der Waals surface area contributed by atoms with Crippen LogP contribution in [0.25, 0.3) is 0 Å². The Morgan fingerprint density at radius 3 is 2.85 bits per heavy atom. The number of sulfonamides is 1. The second-order valence-electron chi connectivity index (χ2n) is 6.29. The standard InChI is InChI=1S/C17H30N4O3S2/c1-3-18-17(20-13-16-8-7-14(2)25-16)19-9-11-26(22,23)21-12-15-6-4-5-10-24-15/h7-8,15,21H,3-6,9-13H2,1-2H3,(H2,18,19,20). The Kier molecular flexibility index (Phi) is 8.83. The van der Waals surface area contributed by atoms with Crippen molar-refractivity contribution in [3.8, 4) is 0 Å². The van der Waals surface area contributed by atoms with Crippen LogP contribution in [0.4, 0.5) is 0 Å². The van der Waals surface area contributed by atoms with Crippen molar-refractivity contribution in [3.63, 3.8) is 0 Å². The summed E-state index contributed by atoms with van der Waals surface area (Å²) in [5, 5.41) is 6.22. The highest BCUT2D eigenvalue weighted by molar-refractivity contribution is 7.89.